The van der Waals surface area contributed by atoms with Gasteiger partial charge in [0.2, 0.25) is 5.13 Å². The minimum Gasteiger partial charge on any atom is -0.318 e. The summed E-state index contributed by atoms with van der Waals surface area (Å²) in [4.78, 5) is 12.3. The number of hydrogen-bond donors (Lipinski definition) is 1. The van der Waals surface area contributed by atoms with Gasteiger partial charge in [-0.2, -0.15) is 5.26 Å². The lowest BCUT2D eigenvalue weighted by Gasteiger charge is -2.12. The normalized spacial score (nSPS) is 11.2. The third-order valence-corrected chi connectivity index (χ3v) is 4.68. The van der Waals surface area contributed by atoms with E-state index in [1.165, 1.54) is 16.8 Å². The Morgan fingerprint density at radius 3 is 2.73 bits per heavy atom. The van der Waals surface area contributed by atoms with Crippen LogP contribution in [0.5, 0.6) is 0 Å². The first kappa shape index (κ1) is 17.6. The fraction of sp³-hybridized carbons (Fsp3) is 0.158. The molecular formula is C19H17N5OS. The van der Waals surface area contributed by atoms with Crippen molar-refractivity contribution in [3.05, 3.63) is 63.9 Å². The van der Waals surface area contributed by atoms with Gasteiger partial charge in [-0.25, -0.2) is 0 Å². The standard InChI is InChI=1S/C19H17N5OS/c1-12-6-4-5-7-17(12)24-13(2)8-15(14(24)3)9-16(10-20)18(25)22-19-23-21-11-26-19/h4-9,11H,1-3H3,(H,22,23,25)/b16-9+. The van der Waals surface area contributed by atoms with E-state index < -0.39 is 5.91 Å². The van der Waals surface area contributed by atoms with Crippen LogP contribution in [0, 0.1) is 32.1 Å². The van der Waals surface area contributed by atoms with E-state index in [2.05, 4.69) is 39.1 Å². The lowest BCUT2D eigenvalue weighted by molar-refractivity contribution is -0.112. The molecule has 3 rings (SSSR count). The predicted octanol–water partition coefficient (Wildman–Crippen LogP) is 3.80. The number of nitriles is 1. The van der Waals surface area contributed by atoms with Gasteiger partial charge in [0.15, 0.2) is 0 Å². The van der Waals surface area contributed by atoms with Crippen LogP contribution < -0.4 is 5.32 Å². The van der Waals surface area contributed by atoms with Crippen LogP contribution in [-0.2, 0) is 4.79 Å². The molecule has 1 N–H and O–H groups in total. The van der Waals surface area contributed by atoms with Gasteiger partial charge in [0.05, 0.1) is 0 Å². The maximum absolute atomic E-state index is 12.3. The highest BCUT2D eigenvalue weighted by Crippen LogP contribution is 2.25. The van der Waals surface area contributed by atoms with E-state index in [0.29, 0.717) is 5.13 Å². The van der Waals surface area contributed by atoms with E-state index in [1.54, 1.807) is 6.08 Å². The monoisotopic (exact) mass is 363 g/mol. The van der Waals surface area contributed by atoms with Crippen molar-refractivity contribution in [1.82, 2.24) is 14.8 Å². The molecule has 0 spiro atoms. The SMILES string of the molecule is Cc1ccccc1-n1c(C)cc(/C=C(\C#N)C(=O)Nc2nncs2)c1C. The molecule has 3 aromatic rings. The number of rotatable bonds is 4. The van der Waals surface area contributed by atoms with Crippen molar-refractivity contribution in [1.29, 1.82) is 5.26 Å². The largest absolute Gasteiger partial charge is 0.318 e. The predicted molar refractivity (Wildman–Crippen MR) is 102 cm³/mol. The van der Waals surface area contributed by atoms with Gasteiger partial charge in [0.1, 0.15) is 17.2 Å². The van der Waals surface area contributed by atoms with E-state index in [1.807, 2.05) is 38.1 Å². The van der Waals surface area contributed by atoms with Crippen molar-refractivity contribution in [2.75, 3.05) is 5.32 Å². The first-order chi connectivity index (χ1) is 12.5. The molecule has 0 aliphatic carbocycles. The summed E-state index contributed by atoms with van der Waals surface area (Å²) in [6.07, 6.45) is 1.60. The Labute approximate surface area is 155 Å². The fourth-order valence-electron chi connectivity index (χ4n) is 2.81. The first-order valence-electron chi connectivity index (χ1n) is 7.95. The highest BCUT2D eigenvalue weighted by molar-refractivity contribution is 7.13. The van der Waals surface area contributed by atoms with Gasteiger partial charge in [-0.05, 0) is 50.1 Å². The molecule has 0 aliphatic heterocycles. The van der Waals surface area contributed by atoms with Crippen LogP contribution in [-0.4, -0.2) is 20.7 Å². The number of benzene rings is 1. The van der Waals surface area contributed by atoms with Crippen LogP contribution >= 0.6 is 11.3 Å². The number of nitrogens with one attached hydrogen (secondary N) is 1. The van der Waals surface area contributed by atoms with Crippen LogP contribution in [0.3, 0.4) is 0 Å². The van der Waals surface area contributed by atoms with Crippen LogP contribution in [0.4, 0.5) is 5.13 Å². The number of aromatic nitrogens is 3. The van der Waals surface area contributed by atoms with Crippen molar-refractivity contribution < 1.29 is 4.79 Å². The molecule has 130 valence electrons. The van der Waals surface area contributed by atoms with Gasteiger partial charge >= 0.3 is 0 Å². The molecule has 2 aromatic heterocycles. The summed E-state index contributed by atoms with van der Waals surface area (Å²) in [6, 6.07) is 12.0. The minimum atomic E-state index is -0.495. The Hall–Kier alpha value is -3.24. The van der Waals surface area contributed by atoms with Crippen molar-refractivity contribution in [3.63, 3.8) is 0 Å². The number of carbonyl (C=O) groups excluding carboxylic acids is 1. The van der Waals surface area contributed by atoms with Crippen molar-refractivity contribution in [2.45, 2.75) is 20.8 Å². The maximum Gasteiger partial charge on any atom is 0.268 e. The molecule has 0 fully saturated rings. The Kier molecular flexibility index (Phi) is 4.96. The Morgan fingerprint density at radius 2 is 2.08 bits per heavy atom. The van der Waals surface area contributed by atoms with Crippen molar-refractivity contribution in [2.24, 2.45) is 0 Å². The molecule has 0 bridgehead atoms. The molecule has 0 saturated heterocycles. The number of nitrogens with zero attached hydrogens (tertiary/aromatic N) is 4. The summed E-state index contributed by atoms with van der Waals surface area (Å²) in [7, 11) is 0. The van der Waals surface area contributed by atoms with E-state index in [-0.39, 0.29) is 5.57 Å². The summed E-state index contributed by atoms with van der Waals surface area (Å²) in [5, 5.41) is 19.8. The highest BCUT2D eigenvalue weighted by Gasteiger charge is 2.15. The lowest BCUT2D eigenvalue weighted by Crippen LogP contribution is -2.13. The number of carbonyl (C=O) groups is 1. The van der Waals surface area contributed by atoms with Gasteiger partial charge in [-0.1, -0.05) is 29.5 Å². The molecular weight excluding hydrogens is 346 g/mol. The topological polar surface area (TPSA) is 83.6 Å². The van der Waals surface area contributed by atoms with Crippen molar-refractivity contribution in [3.8, 4) is 11.8 Å². The summed E-state index contributed by atoms with van der Waals surface area (Å²) >= 11 is 1.20. The zero-order valence-corrected chi connectivity index (χ0v) is 15.5. The number of hydrogen-bond acceptors (Lipinski definition) is 5. The molecule has 1 aromatic carbocycles. The molecule has 0 saturated carbocycles. The average Bonchev–Trinajstić information content (AvgIpc) is 3.22. The Morgan fingerprint density at radius 1 is 1.31 bits per heavy atom. The van der Waals surface area contributed by atoms with Gasteiger partial charge in [-0.15, -0.1) is 10.2 Å². The van der Waals surface area contributed by atoms with Crippen LogP contribution in [0.15, 0.2) is 41.4 Å². The second kappa shape index (κ2) is 7.33. The minimum absolute atomic E-state index is 0.0187. The maximum atomic E-state index is 12.3. The zero-order chi connectivity index (χ0) is 18.7. The number of para-hydroxylation sites is 1. The molecule has 26 heavy (non-hydrogen) atoms. The van der Waals surface area contributed by atoms with Crippen molar-refractivity contribution >= 4 is 28.5 Å². The number of aryl methyl sites for hydroxylation is 2. The lowest BCUT2D eigenvalue weighted by atomic mass is 10.1. The van der Waals surface area contributed by atoms with Gasteiger partial charge in [0.25, 0.3) is 5.91 Å². The second-order valence-corrected chi connectivity index (χ2v) is 6.65. The van der Waals surface area contributed by atoms with Gasteiger partial charge < -0.3 is 4.57 Å². The fourth-order valence-corrected chi connectivity index (χ4v) is 3.25. The molecule has 0 aliphatic rings. The second-order valence-electron chi connectivity index (χ2n) is 5.82. The average molecular weight is 363 g/mol. The molecule has 0 atom stereocenters. The summed E-state index contributed by atoms with van der Waals surface area (Å²) in [5.74, 6) is -0.495. The van der Waals surface area contributed by atoms with E-state index in [0.717, 1.165) is 28.2 Å². The van der Waals surface area contributed by atoms with Gasteiger partial charge in [-0.3, -0.25) is 10.1 Å². The molecule has 0 radical (unpaired) electrons. The quantitative estimate of drug-likeness (QED) is 0.564. The number of anilines is 1. The Bertz CT molecular complexity index is 1020. The molecule has 2 heterocycles. The van der Waals surface area contributed by atoms with Gasteiger partial charge in [0, 0.05) is 17.1 Å². The molecule has 7 heteroatoms. The highest BCUT2D eigenvalue weighted by atomic mass is 32.1. The van der Waals surface area contributed by atoms with E-state index in [4.69, 9.17) is 0 Å². The molecule has 6 nitrogen and oxygen atoms in total. The van der Waals surface area contributed by atoms with Crippen LogP contribution in [0.25, 0.3) is 11.8 Å². The van der Waals surface area contributed by atoms with E-state index >= 15 is 0 Å². The smallest absolute Gasteiger partial charge is 0.268 e. The third-order valence-electron chi connectivity index (χ3n) is 4.07. The third kappa shape index (κ3) is 3.41. The summed E-state index contributed by atoms with van der Waals surface area (Å²) in [5.41, 5.74) is 6.60. The summed E-state index contributed by atoms with van der Waals surface area (Å²) < 4.78 is 2.12. The molecule has 1 amide bonds. The van der Waals surface area contributed by atoms with Crippen LogP contribution in [0.1, 0.15) is 22.5 Å². The van der Waals surface area contributed by atoms with E-state index in [9.17, 15) is 10.1 Å². The first-order valence-corrected chi connectivity index (χ1v) is 8.83. The zero-order valence-electron chi connectivity index (χ0n) is 14.6. The molecule has 0 unspecified atom stereocenters. The van der Waals surface area contributed by atoms with Crippen LogP contribution in [0.2, 0.25) is 0 Å². The number of amides is 1. The Balaban J connectivity index is 1.98. The summed E-state index contributed by atoms with van der Waals surface area (Å²) in [6.45, 7) is 6.03.